The largest absolute Gasteiger partial charge is 0.451 e. The van der Waals surface area contributed by atoms with Gasteiger partial charge >= 0.3 is 0 Å². The molecule has 0 unspecified atom stereocenters. The van der Waals surface area contributed by atoms with Crippen LogP contribution in [-0.4, -0.2) is 49.7 Å². The first-order valence-corrected chi connectivity index (χ1v) is 11.1. The number of sulfonamides is 1. The molecule has 0 saturated carbocycles. The smallest absolute Gasteiger partial charge is 0.289 e. The minimum atomic E-state index is -3.64. The Morgan fingerprint density at radius 3 is 2.40 bits per heavy atom. The van der Waals surface area contributed by atoms with Gasteiger partial charge < -0.3 is 9.32 Å². The van der Waals surface area contributed by atoms with E-state index in [2.05, 4.69) is 0 Å². The van der Waals surface area contributed by atoms with Crippen LogP contribution in [0.4, 0.5) is 0 Å². The molecule has 0 spiro atoms. The van der Waals surface area contributed by atoms with Crippen molar-refractivity contribution in [2.24, 2.45) is 0 Å². The van der Waals surface area contributed by atoms with E-state index in [0.29, 0.717) is 21.4 Å². The van der Waals surface area contributed by atoms with Crippen LogP contribution in [0.3, 0.4) is 0 Å². The zero-order valence-electron chi connectivity index (χ0n) is 16.8. The second kappa shape index (κ2) is 7.70. The van der Waals surface area contributed by atoms with Crippen molar-refractivity contribution in [3.05, 3.63) is 75.6 Å². The van der Waals surface area contributed by atoms with Gasteiger partial charge in [-0.2, -0.15) is 4.31 Å². The summed E-state index contributed by atoms with van der Waals surface area (Å²) in [5.41, 5.74) is 1.64. The zero-order chi connectivity index (χ0) is 21.5. The lowest BCUT2D eigenvalue weighted by atomic mass is 10.2. The summed E-state index contributed by atoms with van der Waals surface area (Å²) in [5.74, 6) is -0.453. The Balaban J connectivity index is 1.53. The number of amides is 1. The molecule has 1 amide bonds. The predicted octanol–water partition coefficient (Wildman–Crippen LogP) is 2.56. The number of fused-ring (bicyclic) bond motifs is 1. The van der Waals surface area contributed by atoms with Crippen LogP contribution >= 0.6 is 0 Å². The van der Waals surface area contributed by atoms with Gasteiger partial charge in [-0.1, -0.05) is 24.3 Å². The summed E-state index contributed by atoms with van der Waals surface area (Å²) in [6.07, 6.45) is 0. The molecule has 30 heavy (non-hydrogen) atoms. The summed E-state index contributed by atoms with van der Waals surface area (Å²) in [4.78, 5) is 26.9. The normalized spacial score (nSPS) is 15.5. The molecule has 0 radical (unpaired) electrons. The number of hydrogen-bond acceptors (Lipinski definition) is 5. The highest BCUT2D eigenvalue weighted by molar-refractivity contribution is 7.89. The van der Waals surface area contributed by atoms with E-state index in [9.17, 15) is 18.0 Å². The molecule has 1 fully saturated rings. The lowest BCUT2D eigenvalue weighted by Crippen LogP contribution is -2.50. The third kappa shape index (κ3) is 3.64. The number of piperazine rings is 1. The Bertz CT molecular complexity index is 1290. The Morgan fingerprint density at radius 2 is 1.67 bits per heavy atom. The van der Waals surface area contributed by atoms with E-state index < -0.39 is 15.9 Å². The summed E-state index contributed by atoms with van der Waals surface area (Å²) in [6.45, 7) is 4.43. The summed E-state index contributed by atoms with van der Waals surface area (Å²) >= 11 is 0. The minimum Gasteiger partial charge on any atom is -0.451 e. The molecule has 0 aliphatic carbocycles. The fraction of sp³-hybridized carbons (Fsp3) is 0.273. The molecule has 1 aliphatic rings. The van der Waals surface area contributed by atoms with Crippen molar-refractivity contribution >= 4 is 26.9 Å². The van der Waals surface area contributed by atoms with Crippen LogP contribution in [-0.2, 0) is 10.0 Å². The Kier molecular flexibility index (Phi) is 5.21. The molecule has 2 heterocycles. The van der Waals surface area contributed by atoms with Gasteiger partial charge in [-0.15, -0.1) is 0 Å². The van der Waals surface area contributed by atoms with Crippen molar-refractivity contribution in [1.29, 1.82) is 0 Å². The van der Waals surface area contributed by atoms with Gasteiger partial charge in [0.25, 0.3) is 5.91 Å². The van der Waals surface area contributed by atoms with Crippen molar-refractivity contribution in [3.8, 4) is 0 Å². The van der Waals surface area contributed by atoms with E-state index in [1.807, 2.05) is 13.0 Å². The number of benzene rings is 2. The molecule has 3 aromatic rings. The molecule has 0 bridgehead atoms. The topological polar surface area (TPSA) is 87.9 Å². The summed E-state index contributed by atoms with van der Waals surface area (Å²) in [6, 6.07) is 13.3. The fourth-order valence-corrected chi connectivity index (χ4v) is 5.35. The van der Waals surface area contributed by atoms with Crippen LogP contribution in [0.25, 0.3) is 11.0 Å². The summed E-state index contributed by atoms with van der Waals surface area (Å²) in [7, 11) is -3.64. The number of para-hydroxylation sites is 1. The van der Waals surface area contributed by atoms with Crippen molar-refractivity contribution in [3.63, 3.8) is 0 Å². The first-order chi connectivity index (χ1) is 14.3. The molecule has 0 N–H and O–H groups in total. The molecule has 156 valence electrons. The number of carbonyl (C=O) groups is 1. The molecule has 8 heteroatoms. The van der Waals surface area contributed by atoms with Gasteiger partial charge in [0.1, 0.15) is 5.58 Å². The Morgan fingerprint density at radius 1 is 0.967 bits per heavy atom. The first kappa shape index (κ1) is 20.3. The van der Waals surface area contributed by atoms with E-state index in [1.165, 1.54) is 15.3 Å². The fourth-order valence-electron chi connectivity index (χ4n) is 3.62. The van der Waals surface area contributed by atoms with Crippen molar-refractivity contribution in [2.75, 3.05) is 26.2 Å². The van der Waals surface area contributed by atoms with Crippen LogP contribution in [0.1, 0.15) is 21.7 Å². The highest BCUT2D eigenvalue weighted by Gasteiger charge is 2.32. The van der Waals surface area contributed by atoms with Crippen LogP contribution in [0, 0.1) is 13.8 Å². The molecular weight excluding hydrogens is 404 g/mol. The predicted molar refractivity (Wildman–Crippen MR) is 113 cm³/mol. The first-order valence-electron chi connectivity index (χ1n) is 9.67. The number of rotatable bonds is 3. The number of aryl methyl sites for hydroxylation is 2. The number of nitrogens with zero attached hydrogens (tertiary/aromatic N) is 2. The summed E-state index contributed by atoms with van der Waals surface area (Å²) < 4.78 is 33.1. The van der Waals surface area contributed by atoms with Gasteiger partial charge in [0.15, 0.2) is 11.2 Å². The van der Waals surface area contributed by atoms with Gasteiger partial charge in [0, 0.05) is 32.2 Å². The van der Waals surface area contributed by atoms with Crippen molar-refractivity contribution < 1.29 is 17.6 Å². The maximum Gasteiger partial charge on any atom is 0.289 e. The second-order valence-corrected chi connectivity index (χ2v) is 9.34. The molecule has 1 aliphatic heterocycles. The molecular formula is C22H22N2O5S. The average Bonchev–Trinajstić information content (AvgIpc) is 2.75. The highest BCUT2D eigenvalue weighted by Crippen LogP contribution is 2.23. The van der Waals surface area contributed by atoms with Crippen molar-refractivity contribution in [2.45, 2.75) is 18.7 Å². The van der Waals surface area contributed by atoms with E-state index in [1.54, 1.807) is 43.3 Å². The monoisotopic (exact) mass is 426 g/mol. The van der Waals surface area contributed by atoms with Gasteiger partial charge in [0.05, 0.1) is 10.3 Å². The minimum absolute atomic E-state index is 0.0375. The van der Waals surface area contributed by atoms with Gasteiger partial charge in [-0.3, -0.25) is 9.59 Å². The van der Waals surface area contributed by atoms with Crippen LogP contribution in [0.5, 0.6) is 0 Å². The number of hydrogen-bond donors (Lipinski definition) is 0. The highest BCUT2D eigenvalue weighted by atomic mass is 32.2. The molecule has 0 atom stereocenters. The Hall–Kier alpha value is -2.97. The van der Waals surface area contributed by atoms with E-state index in [-0.39, 0.29) is 37.4 Å². The third-order valence-electron chi connectivity index (χ3n) is 5.33. The second-order valence-electron chi connectivity index (χ2n) is 7.44. The molecule has 4 rings (SSSR count). The molecule has 1 saturated heterocycles. The van der Waals surface area contributed by atoms with E-state index in [0.717, 1.165) is 5.56 Å². The number of carbonyl (C=O) groups excluding carboxylic acids is 1. The van der Waals surface area contributed by atoms with Crippen LogP contribution < -0.4 is 5.43 Å². The van der Waals surface area contributed by atoms with Gasteiger partial charge in [0.2, 0.25) is 10.0 Å². The van der Waals surface area contributed by atoms with E-state index in [4.69, 9.17) is 4.42 Å². The average molecular weight is 426 g/mol. The van der Waals surface area contributed by atoms with Crippen molar-refractivity contribution in [1.82, 2.24) is 9.21 Å². The van der Waals surface area contributed by atoms with Crippen LogP contribution in [0.2, 0.25) is 0 Å². The lowest BCUT2D eigenvalue weighted by molar-refractivity contribution is 0.0666. The standard InChI is InChI=1S/C22H22N2O5S/c1-15-7-8-16(2)21(13-15)30(27,28)24-11-9-23(10-12-24)22(26)20-14-18(25)17-5-3-4-6-19(17)29-20/h3-8,13-14H,9-12H2,1-2H3. The molecule has 7 nitrogen and oxygen atoms in total. The maximum atomic E-state index is 13.1. The maximum absolute atomic E-state index is 13.1. The molecule has 1 aromatic heterocycles. The van der Waals surface area contributed by atoms with Gasteiger partial charge in [-0.25, -0.2) is 8.42 Å². The quantitative estimate of drug-likeness (QED) is 0.642. The lowest BCUT2D eigenvalue weighted by Gasteiger charge is -2.34. The third-order valence-corrected chi connectivity index (χ3v) is 7.37. The SMILES string of the molecule is Cc1ccc(C)c(S(=O)(=O)N2CCN(C(=O)c3cc(=O)c4ccccc4o3)CC2)c1. The zero-order valence-corrected chi connectivity index (χ0v) is 17.6. The Labute approximate surface area is 174 Å². The van der Waals surface area contributed by atoms with Gasteiger partial charge in [-0.05, 0) is 43.2 Å². The summed E-state index contributed by atoms with van der Waals surface area (Å²) in [5, 5.41) is 0.415. The molecule has 2 aromatic carbocycles. The van der Waals surface area contributed by atoms with Crippen LogP contribution in [0.15, 0.2) is 62.6 Å². The van der Waals surface area contributed by atoms with E-state index >= 15 is 0 Å².